The Kier molecular flexibility index (Phi) is 5.21. The monoisotopic (exact) mass is 277 g/mol. The Hall–Kier alpha value is -1.32. The Morgan fingerprint density at radius 3 is 2.70 bits per heavy atom. The molecule has 1 aromatic heterocycles. The molecule has 1 saturated carbocycles. The Bertz CT molecular complexity index is 414. The summed E-state index contributed by atoms with van der Waals surface area (Å²) in [6, 6.07) is 1.89. The van der Waals surface area contributed by atoms with Crippen molar-refractivity contribution >= 4 is 5.82 Å². The molecule has 20 heavy (non-hydrogen) atoms. The van der Waals surface area contributed by atoms with Crippen LogP contribution in [0.3, 0.4) is 0 Å². The summed E-state index contributed by atoms with van der Waals surface area (Å²) in [5.74, 6) is 2.27. The molecule has 1 fully saturated rings. The van der Waals surface area contributed by atoms with E-state index in [0.29, 0.717) is 17.9 Å². The maximum Gasteiger partial charge on any atom is 0.218 e. The normalized spacial score (nSPS) is 17.4. The zero-order valence-electron chi connectivity index (χ0n) is 13.0. The van der Waals surface area contributed by atoms with E-state index in [1.807, 2.05) is 13.0 Å². The van der Waals surface area contributed by atoms with Crippen molar-refractivity contribution in [3.63, 3.8) is 0 Å². The molecule has 1 heterocycles. The lowest BCUT2D eigenvalue weighted by Crippen LogP contribution is -2.28. The fraction of sp³-hybridized carbons (Fsp3) is 0.750. The molecular formula is C16H27N3O. The topological polar surface area (TPSA) is 47.0 Å². The minimum Gasteiger partial charge on any atom is -0.478 e. The molecule has 0 bridgehead atoms. The van der Waals surface area contributed by atoms with Crippen LogP contribution in [0.25, 0.3) is 0 Å². The van der Waals surface area contributed by atoms with Gasteiger partial charge in [0.15, 0.2) is 0 Å². The molecule has 0 unspecified atom stereocenters. The molecule has 4 heteroatoms. The molecule has 1 aromatic rings. The van der Waals surface area contributed by atoms with Crippen molar-refractivity contribution in [2.75, 3.05) is 18.5 Å². The van der Waals surface area contributed by atoms with Gasteiger partial charge in [0, 0.05) is 12.6 Å². The number of nitrogens with one attached hydrogen (secondary N) is 1. The molecule has 1 aliphatic rings. The molecule has 0 saturated heterocycles. The van der Waals surface area contributed by atoms with Gasteiger partial charge < -0.3 is 10.1 Å². The SMILES string of the molecule is CCOc1cc(NCC2(CC(C)C)CCCC2)ncn1. The van der Waals surface area contributed by atoms with Gasteiger partial charge in [-0.25, -0.2) is 9.97 Å². The number of ether oxygens (including phenoxy) is 1. The van der Waals surface area contributed by atoms with Gasteiger partial charge in [-0.05, 0) is 37.5 Å². The van der Waals surface area contributed by atoms with Crippen molar-refractivity contribution in [3.8, 4) is 5.88 Å². The summed E-state index contributed by atoms with van der Waals surface area (Å²) in [5, 5.41) is 3.50. The van der Waals surface area contributed by atoms with Gasteiger partial charge in [-0.3, -0.25) is 0 Å². The summed E-state index contributed by atoms with van der Waals surface area (Å²) < 4.78 is 5.42. The molecule has 0 spiro atoms. The second kappa shape index (κ2) is 6.91. The summed E-state index contributed by atoms with van der Waals surface area (Å²) >= 11 is 0. The zero-order chi connectivity index (χ0) is 14.4. The number of nitrogens with zero attached hydrogens (tertiary/aromatic N) is 2. The molecule has 0 radical (unpaired) electrons. The Balaban J connectivity index is 1.97. The van der Waals surface area contributed by atoms with Crippen LogP contribution >= 0.6 is 0 Å². The Morgan fingerprint density at radius 1 is 1.30 bits per heavy atom. The highest BCUT2D eigenvalue weighted by molar-refractivity contribution is 5.37. The molecule has 0 aliphatic heterocycles. The number of hydrogen-bond acceptors (Lipinski definition) is 4. The van der Waals surface area contributed by atoms with Gasteiger partial charge in [0.1, 0.15) is 12.1 Å². The first kappa shape index (κ1) is 15.1. The van der Waals surface area contributed by atoms with Crippen LogP contribution in [0.15, 0.2) is 12.4 Å². The van der Waals surface area contributed by atoms with Crippen molar-refractivity contribution < 1.29 is 4.74 Å². The van der Waals surface area contributed by atoms with Crippen LogP contribution in [-0.4, -0.2) is 23.1 Å². The van der Waals surface area contributed by atoms with Crippen LogP contribution in [0, 0.1) is 11.3 Å². The average molecular weight is 277 g/mol. The van der Waals surface area contributed by atoms with Crippen LogP contribution in [0.5, 0.6) is 5.88 Å². The fourth-order valence-corrected chi connectivity index (χ4v) is 3.39. The quantitative estimate of drug-likeness (QED) is 0.821. The van der Waals surface area contributed by atoms with Gasteiger partial charge in [-0.1, -0.05) is 26.7 Å². The van der Waals surface area contributed by atoms with Crippen LogP contribution in [0.1, 0.15) is 52.9 Å². The van der Waals surface area contributed by atoms with E-state index in [0.717, 1.165) is 18.3 Å². The highest BCUT2D eigenvalue weighted by Crippen LogP contribution is 2.43. The number of rotatable bonds is 7. The van der Waals surface area contributed by atoms with E-state index in [-0.39, 0.29) is 0 Å². The van der Waals surface area contributed by atoms with Crippen molar-refractivity contribution in [2.45, 2.75) is 52.9 Å². The molecule has 0 atom stereocenters. The Morgan fingerprint density at radius 2 is 2.05 bits per heavy atom. The number of anilines is 1. The van der Waals surface area contributed by atoms with Crippen molar-refractivity contribution in [3.05, 3.63) is 12.4 Å². The predicted octanol–water partition coefficient (Wildman–Crippen LogP) is 3.89. The second-order valence-electron chi connectivity index (χ2n) is 6.33. The number of aromatic nitrogens is 2. The third-order valence-electron chi connectivity index (χ3n) is 4.08. The van der Waals surface area contributed by atoms with Gasteiger partial charge in [0.25, 0.3) is 0 Å². The summed E-state index contributed by atoms with van der Waals surface area (Å²) in [5.41, 5.74) is 0.449. The van der Waals surface area contributed by atoms with Gasteiger partial charge >= 0.3 is 0 Å². The van der Waals surface area contributed by atoms with Crippen molar-refractivity contribution in [1.29, 1.82) is 0 Å². The highest BCUT2D eigenvalue weighted by Gasteiger charge is 2.34. The smallest absolute Gasteiger partial charge is 0.218 e. The van der Waals surface area contributed by atoms with Crippen LogP contribution in [-0.2, 0) is 0 Å². The fourth-order valence-electron chi connectivity index (χ4n) is 3.39. The zero-order valence-corrected chi connectivity index (χ0v) is 13.0. The standard InChI is InChI=1S/C16H27N3O/c1-4-20-15-9-14(18-12-19-15)17-11-16(10-13(2)3)7-5-6-8-16/h9,12-13H,4-8,10-11H2,1-3H3,(H,17,18,19). The van der Waals surface area contributed by atoms with Crippen LogP contribution in [0.2, 0.25) is 0 Å². The third-order valence-corrected chi connectivity index (χ3v) is 4.08. The first-order valence-corrected chi connectivity index (χ1v) is 7.82. The largest absolute Gasteiger partial charge is 0.478 e. The summed E-state index contributed by atoms with van der Waals surface area (Å²) in [6.45, 7) is 8.24. The van der Waals surface area contributed by atoms with E-state index in [4.69, 9.17) is 4.74 Å². The van der Waals surface area contributed by atoms with E-state index < -0.39 is 0 Å². The van der Waals surface area contributed by atoms with Crippen molar-refractivity contribution in [2.24, 2.45) is 11.3 Å². The first-order valence-electron chi connectivity index (χ1n) is 7.82. The van der Waals surface area contributed by atoms with E-state index >= 15 is 0 Å². The summed E-state index contributed by atoms with van der Waals surface area (Å²) in [7, 11) is 0. The van der Waals surface area contributed by atoms with Crippen LogP contribution in [0.4, 0.5) is 5.82 Å². The molecule has 1 aliphatic carbocycles. The van der Waals surface area contributed by atoms with Gasteiger partial charge in [0.2, 0.25) is 5.88 Å². The minimum atomic E-state index is 0.449. The van der Waals surface area contributed by atoms with Gasteiger partial charge in [-0.15, -0.1) is 0 Å². The van der Waals surface area contributed by atoms with Crippen molar-refractivity contribution in [1.82, 2.24) is 9.97 Å². The Labute approximate surface area is 122 Å². The maximum absolute atomic E-state index is 5.42. The van der Waals surface area contributed by atoms with E-state index in [1.165, 1.54) is 32.1 Å². The lowest BCUT2D eigenvalue weighted by Gasteiger charge is -2.31. The molecule has 2 rings (SSSR count). The van der Waals surface area contributed by atoms with E-state index in [2.05, 4.69) is 29.1 Å². The third kappa shape index (κ3) is 4.09. The lowest BCUT2D eigenvalue weighted by atomic mass is 9.78. The summed E-state index contributed by atoms with van der Waals surface area (Å²) in [6.07, 6.45) is 8.26. The number of hydrogen-bond donors (Lipinski definition) is 1. The highest BCUT2D eigenvalue weighted by atomic mass is 16.5. The van der Waals surface area contributed by atoms with Crippen LogP contribution < -0.4 is 10.1 Å². The van der Waals surface area contributed by atoms with E-state index in [1.54, 1.807) is 6.33 Å². The first-order chi connectivity index (χ1) is 9.63. The lowest BCUT2D eigenvalue weighted by molar-refractivity contribution is 0.252. The van der Waals surface area contributed by atoms with E-state index in [9.17, 15) is 0 Å². The second-order valence-corrected chi connectivity index (χ2v) is 6.33. The average Bonchev–Trinajstić information content (AvgIpc) is 2.85. The maximum atomic E-state index is 5.42. The molecule has 112 valence electrons. The molecule has 0 aromatic carbocycles. The molecular weight excluding hydrogens is 250 g/mol. The van der Waals surface area contributed by atoms with Gasteiger partial charge in [-0.2, -0.15) is 0 Å². The molecule has 4 nitrogen and oxygen atoms in total. The minimum absolute atomic E-state index is 0.449. The predicted molar refractivity (Wildman–Crippen MR) is 82.0 cm³/mol. The summed E-state index contributed by atoms with van der Waals surface area (Å²) in [4.78, 5) is 8.39. The molecule has 1 N–H and O–H groups in total. The molecule has 0 amide bonds. The van der Waals surface area contributed by atoms with Gasteiger partial charge in [0.05, 0.1) is 6.61 Å².